The summed E-state index contributed by atoms with van der Waals surface area (Å²) >= 11 is 0. The van der Waals surface area contributed by atoms with Gasteiger partial charge in [0.1, 0.15) is 5.82 Å². The van der Waals surface area contributed by atoms with Gasteiger partial charge in [0.2, 0.25) is 5.91 Å². The molecular formula is C15H21N3O. The third-order valence-corrected chi connectivity index (χ3v) is 5.48. The summed E-state index contributed by atoms with van der Waals surface area (Å²) in [5.74, 6) is 4.98. The van der Waals surface area contributed by atoms with E-state index in [-0.39, 0.29) is 0 Å². The predicted octanol–water partition coefficient (Wildman–Crippen LogP) is 1.75. The van der Waals surface area contributed by atoms with E-state index in [0.29, 0.717) is 11.8 Å². The third-order valence-electron chi connectivity index (χ3n) is 5.48. The first-order chi connectivity index (χ1) is 9.34. The van der Waals surface area contributed by atoms with Gasteiger partial charge in [-0.1, -0.05) is 0 Å². The Morgan fingerprint density at radius 3 is 2.84 bits per heavy atom. The van der Waals surface area contributed by atoms with Crippen LogP contribution in [0.2, 0.25) is 0 Å². The number of carbonyl (C=O) groups is 1. The number of amides is 1. The van der Waals surface area contributed by atoms with Gasteiger partial charge in [-0.05, 0) is 49.4 Å². The summed E-state index contributed by atoms with van der Waals surface area (Å²) in [4.78, 5) is 19.4. The van der Waals surface area contributed by atoms with Gasteiger partial charge < -0.3 is 10.3 Å². The van der Waals surface area contributed by atoms with Gasteiger partial charge in [-0.15, -0.1) is 0 Å². The van der Waals surface area contributed by atoms with Crippen LogP contribution in [0.15, 0.2) is 12.4 Å². The van der Waals surface area contributed by atoms with Gasteiger partial charge in [0.15, 0.2) is 0 Å². The van der Waals surface area contributed by atoms with Crippen LogP contribution in [0, 0.1) is 29.6 Å². The van der Waals surface area contributed by atoms with Crippen molar-refractivity contribution in [3.63, 3.8) is 0 Å². The number of aromatic amines is 1. The molecule has 4 heteroatoms. The summed E-state index contributed by atoms with van der Waals surface area (Å²) in [6.07, 6.45) is 9.67. The number of hydrogen-bond acceptors (Lipinski definition) is 2. The first kappa shape index (κ1) is 11.5. The molecule has 3 fully saturated rings. The zero-order chi connectivity index (χ0) is 12.8. The highest BCUT2D eigenvalue weighted by Gasteiger charge is 2.67. The number of aryl methyl sites for hydroxylation is 1. The Hall–Kier alpha value is -1.32. The Balaban J connectivity index is 1.21. The van der Waals surface area contributed by atoms with Crippen molar-refractivity contribution >= 4 is 5.91 Å². The lowest BCUT2D eigenvalue weighted by Crippen LogP contribution is -2.28. The summed E-state index contributed by atoms with van der Waals surface area (Å²) in [7, 11) is 0. The number of hydrogen-bond donors (Lipinski definition) is 2. The average Bonchev–Trinajstić information content (AvgIpc) is 2.82. The number of rotatable bonds is 5. The summed E-state index contributed by atoms with van der Waals surface area (Å²) in [6, 6.07) is 0. The molecule has 2 N–H and O–H groups in total. The summed E-state index contributed by atoms with van der Waals surface area (Å²) < 4.78 is 0. The molecule has 3 aliphatic carbocycles. The fourth-order valence-corrected chi connectivity index (χ4v) is 4.70. The van der Waals surface area contributed by atoms with Crippen molar-refractivity contribution in [3.8, 4) is 0 Å². The number of nitrogens with one attached hydrogen (secondary N) is 2. The number of H-pyrrole nitrogens is 1. The quantitative estimate of drug-likeness (QED) is 0.791. The molecule has 0 aliphatic heterocycles. The van der Waals surface area contributed by atoms with E-state index in [1.165, 1.54) is 19.3 Å². The molecule has 19 heavy (non-hydrogen) atoms. The molecule has 1 aromatic heterocycles. The number of imidazole rings is 1. The fraction of sp³-hybridized carbons (Fsp3) is 0.733. The molecule has 102 valence electrons. The smallest absolute Gasteiger partial charge is 0.223 e. The minimum Gasteiger partial charge on any atom is -0.356 e. The van der Waals surface area contributed by atoms with Gasteiger partial charge in [0.25, 0.3) is 0 Å². The Bertz CT molecular complexity index is 454. The first-order valence-corrected chi connectivity index (χ1v) is 7.60. The lowest BCUT2D eigenvalue weighted by molar-refractivity contribution is -0.123. The van der Waals surface area contributed by atoms with Gasteiger partial charge in [0, 0.05) is 31.3 Å². The Morgan fingerprint density at radius 1 is 1.37 bits per heavy atom. The topological polar surface area (TPSA) is 57.8 Å². The molecule has 1 heterocycles. The maximum absolute atomic E-state index is 12.2. The van der Waals surface area contributed by atoms with E-state index in [0.717, 1.165) is 48.9 Å². The summed E-state index contributed by atoms with van der Waals surface area (Å²) in [5, 5.41) is 3.12. The third kappa shape index (κ3) is 1.88. The number of nitrogens with zero attached hydrogens (tertiary/aromatic N) is 1. The molecule has 0 radical (unpaired) electrons. The van der Waals surface area contributed by atoms with Crippen molar-refractivity contribution < 1.29 is 4.79 Å². The van der Waals surface area contributed by atoms with Crippen molar-refractivity contribution in [2.75, 3.05) is 6.54 Å². The SMILES string of the molecule is O=C(NCCCc1ncc[nH]1)C1C2C3CCC(C3)C12. The van der Waals surface area contributed by atoms with Crippen LogP contribution in [0.1, 0.15) is 31.5 Å². The molecule has 4 rings (SSSR count). The van der Waals surface area contributed by atoms with Gasteiger partial charge in [-0.25, -0.2) is 4.98 Å². The highest BCUT2D eigenvalue weighted by atomic mass is 16.2. The summed E-state index contributed by atoms with van der Waals surface area (Å²) in [6.45, 7) is 0.783. The molecule has 0 saturated heterocycles. The van der Waals surface area contributed by atoms with E-state index < -0.39 is 0 Å². The molecule has 3 aliphatic rings. The Kier molecular flexibility index (Phi) is 2.64. The zero-order valence-electron chi connectivity index (χ0n) is 11.1. The monoisotopic (exact) mass is 259 g/mol. The van der Waals surface area contributed by atoms with Crippen LogP contribution in [-0.2, 0) is 11.2 Å². The minimum absolute atomic E-state index is 0.325. The first-order valence-electron chi connectivity index (χ1n) is 7.60. The standard InChI is InChI=1S/C15H21N3O/c19-15(18-5-1-2-11-16-6-7-17-11)14-12-9-3-4-10(8-9)13(12)14/h6-7,9-10,12-14H,1-5,8H2,(H,16,17)(H,18,19). The van der Waals surface area contributed by atoms with E-state index in [1.807, 2.05) is 6.20 Å². The fourth-order valence-electron chi connectivity index (χ4n) is 4.70. The Morgan fingerprint density at radius 2 is 2.16 bits per heavy atom. The zero-order valence-corrected chi connectivity index (χ0v) is 11.1. The van der Waals surface area contributed by atoms with Gasteiger partial charge >= 0.3 is 0 Å². The maximum Gasteiger partial charge on any atom is 0.223 e. The molecule has 4 atom stereocenters. The number of carbonyl (C=O) groups excluding carboxylic acids is 1. The van der Waals surface area contributed by atoms with Crippen LogP contribution < -0.4 is 5.32 Å². The predicted molar refractivity (Wildman–Crippen MR) is 71.2 cm³/mol. The van der Waals surface area contributed by atoms with E-state index in [4.69, 9.17) is 0 Å². The second-order valence-electron chi connectivity index (χ2n) is 6.44. The van der Waals surface area contributed by atoms with Crippen LogP contribution >= 0.6 is 0 Å². The van der Waals surface area contributed by atoms with Gasteiger partial charge in [-0.3, -0.25) is 4.79 Å². The lowest BCUT2D eigenvalue weighted by atomic mass is 10.0. The molecule has 4 unspecified atom stereocenters. The van der Waals surface area contributed by atoms with Crippen LogP contribution in [0.3, 0.4) is 0 Å². The number of aromatic nitrogens is 2. The highest BCUT2D eigenvalue weighted by molar-refractivity contribution is 5.82. The second kappa shape index (κ2) is 4.36. The van der Waals surface area contributed by atoms with Gasteiger partial charge in [-0.2, -0.15) is 0 Å². The van der Waals surface area contributed by atoms with E-state index in [9.17, 15) is 4.79 Å². The van der Waals surface area contributed by atoms with Crippen molar-refractivity contribution in [1.29, 1.82) is 0 Å². The van der Waals surface area contributed by atoms with Crippen molar-refractivity contribution in [3.05, 3.63) is 18.2 Å². The molecule has 0 aromatic carbocycles. The minimum atomic E-state index is 0.325. The van der Waals surface area contributed by atoms with E-state index in [1.54, 1.807) is 6.20 Å². The molecule has 3 saturated carbocycles. The highest BCUT2D eigenvalue weighted by Crippen LogP contribution is 2.69. The van der Waals surface area contributed by atoms with Crippen molar-refractivity contribution in [2.24, 2.45) is 29.6 Å². The maximum atomic E-state index is 12.2. The van der Waals surface area contributed by atoms with Crippen LogP contribution in [0.5, 0.6) is 0 Å². The van der Waals surface area contributed by atoms with Crippen LogP contribution in [0.4, 0.5) is 0 Å². The number of fused-ring (bicyclic) bond motifs is 5. The molecule has 0 spiro atoms. The largest absolute Gasteiger partial charge is 0.356 e. The van der Waals surface area contributed by atoms with E-state index in [2.05, 4.69) is 15.3 Å². The van der Waals surface area contributed by atoms with E-state index >= 15 is 0 Å². The molecular weight excluding hydrogens is 238 g/mol. The summed E-state index contributed by atoms with van der Waals surface area (Å²) in [5.41, 5.74) is 0. The molecule has 2 bridgehead atoms. The van der Waals surface area contributed by atoms with Crippen LogP contribution in [-0.4, -0.2) is 22.4 Å². The van der Waals surface area contributed by atoms with Crippen molar-refractivity contribution in [2.45, 2.75) is 32.1 Å². The van der Waals surface area contributed by atoms with Crippen molar-refractivity contribution in [1.82, 2.24) is 15.3 Å². The van der Waals surface area contributed by atoms with Crippen LogP contribution in [0.25, 0.3) is 0 Å². The average molecular weight is 259 g/mol. The molecule has 1 aromatic rings. The second-order valence-corrected chi connectivity index (χ2v) is 6.44. The lowest BCUT2D eigenvalue weighted by Gasteiger charge is -2.09. The van der Waals surface area contributed by atoms with Gasteiger partial charge in [0.05, 0.1) is 0 Å². The molecule has 4 nitrogen and oxygen atoms in total. The Labute approximate surface area is 113 Å². The molecule has 1 amide bonds. The normalized spacial score (nSPS) is 38.2.